The number of hydrogen-bond acceptors (Lipinski definition) is 6. The van der Waals surface area contributed by atoms with Crippen LogP contribution in [0.5, 0.6) is 0 Å². The molecule has 1 amide bonds. The van der Waals surface area contributed by atoms with Crippen molar-refractivity contribution in [1.82, 2.24) is 9.88 Å². The van der Waals surface area contributed by atoms with Gasteiger partial charge in [-0.25, -0.2) is 4.98 Å². The minimum absolute atomic E-state index is 0. The number of anilines is 1. The van der Waals surface area contributed by atoms with Crippen LogP contribution >= 0.6 is 46.9 Å². The van der Waals surface area contributed by atoms with E-state index < -0.39 is 10.8 Å². The summed E-state index contributed by atoms with van der Waals surface area (Å²) in [6.45, 7) is 1.16. The lowest BCUT2D eigenvalue weighted by Crippen LogP contribution is -2.33. The minimum Gasteiger partial charge on any atom is -0.309 e. The SMILES string of the molecule is CN(C)CCCN(C(=O)c1cc([N+](=O)[O-])ccc1Cl)c1nc2ccc(Cl)cc2s1.Cl. The Labute approximate surface area is 193 Å². The second kappa shape index (κ2) is 10.4. The highest BCUT2D eigenvalue weighted by molar-refractivity contribution is 7.22. The first-order valence-corrected chi connectivity index (χ1v) is 10.3. The van der Waals surface area contributed by atoms with Crippen LogP contribution in [0.2, 0.25) is 10.0 Å². The van der Waals surface area contributed by atoms with Crippen molar-refractivity contribution >= 4 is 73.9 Å². The number of non-ortho nitro benzene ring substituents is 1. The van der Waals surface area contributed by atoms with Crippen molar-refractivity contribution in [2.45, 2.75) is 6.42 Å². The van der Waals surface area contributed by atoms with Gasteiger partial charge in [-0.15, -0.1) is 12.4 Å². The number of amides is 1. The van der Waals surface area contributed by atoms with Crippen molar-refractivity contribution in [1.29, 1.82) is 0 Å². The van der Waals surface area contributed by atoms with Crippen molar-refractivity contribution in [3.63, 3.8) is 0 Å². The van der Waals surface area contributed by atoms with Crippen molar-refractivity contribution < 1.29 is 9.72 Å². The van der Waals surface area contributed by atoms with E-state index in [1.165, 1.54) is 34.4 Å². The Kier molecular flexibility index (Phi) is 8.40. The lowest BCUT2D eigenvalue weighted by Gasteiger charge is -2.21. The van der Waals surface area contributed by atoms with Gasteiger partial charge in [-0.3, -0.25) is 19.8 Å². The summed E-state index contributed by atoms with van der Waals surface area (Å²) in [6, 6.07) is 9.16. The average Bonchev–Trinajstić information content (AvgIpc) is 3.07. The smallest absolute Gasteiger partial charge is 0.270 e. The third-order valence-electron chi connectivity index (χ3n) is 4.19. The Morgan fingerprint density at radius 2 is 1.90 bits per heavy atom. The predicted molar refractivity (Wildman–Crippen MR) is 125 cm³/mol. The molecule has 0 aliphatic carbocycles. The number of carbonyl (C=O) groups is 1. The van der Waals surface area contributed by atoms with E-state index in [0.29, 0.717) is 23.1 Å². The normalized spacial score (nSPS) is 10.8. The Morgan fingerprint density at radius 1 is 1.17 bits per heavy atom. The third kappa shape index (κ3) is 5.59. The van der Waals surface area contributed by atoms with Crippen LogP contribution in [-0.2, 0) is 0 Å². The zero-order chi connectivity index (χ0) is 21.1. The zero-order valence-corrected chi connectivity index (χ0v) is 19.3. The summed E-state index contributed by atoms with van der Waals surface area (Å²) in [5.74, 6) is -0.428. The Hall–Kier alpha value is -1.97. The van der Waals surface area contributed by atoms with Crippen LogP contribution in [-0.4, -0.2) is 47.9 Å². The van der Waals surface area contributed by atoms with Crippen molar-refractivity contribution in [3.05, 3.63) is 62.1 Å². The molecular formula is C19H19Cl3N4O3S. The number of benzene rings is 2. The van der Waals surface area contributed by atoms with Gasteiger partial charge >= 0.3 is 0 Å². The van der Waals surface area contributed by atoms with E-state index >= 15 is 0 Å². The number of aromatic nitrogens is 1. The van der Waals surface area contributed by atoms with E-state index in [0.717, 1.165) is 16.8 Å². The number of thiazole rings is 1. The van der Waals surface area contributed by atoms with Gasteiger partial charge in [-0.1, -0.05) is 34.5 Å². The van der Waals surface area contributed by atoms with Crippen molar-refractivity contribution in [2.75, 3.05) is 32.1 Å². The highest BCUT2D eigenvalue weighted by Crippen LogP contribution is 2.33. The van der Waals surface area contributed by atoms with Gasteiger partial charge in [0.05, 0.1) is 25.7 Å². The molecule has 0 aliphatic rings. The lowest BCUT2D eigenvalue weighted by atomic mass is 10.1. The molecule has 0 unspecified atom stereocenters. The van der Waals surface area contributed by atoms with Crippen LogP contribution < -0.4 is 4.90 Å². The largest absolute Gasteiger partial charge is 0.309 e. The molecule has 3 rings (SSSR count). The summed E-state index contributed by atoms with van der Waals surface area (Å²) in [7, 11) is 3.90. The summed E-state index contributed by atoms with van der Waals surface area (Å²) in [5, 5.41) is 12.4. The highest BCUT2D eigenvalue weighted by atomic mass is 35.5. The Morgan fingerprint density at radius 3 is 2.57 bits per heavy atom. The molecule has 3 aromatic rings. The Balaban J connectivity index is 0.00000320. The summed E-state index contributed by atoms with van der Waals surface area (Å²) < 4.78 is 0.850. The van der Waals surface area contributed by atoms with E-state index in [9.17, 15) is 14.9 Å². The van der Waals surface area contributed by atoms with Crippen molar-refractivity contribution in [3.8, 4) is 0 Å². The molecule has 0 saturated heterocycles. The van der Waals surface area contributed by atoms with E-state index in [2.05, 4.69) is 4.98 Å². The van der Waals surface area contributed by atoms with Crippen LogP contribution in [0.4, 0.5) is 10.8 Å². The molecule has 0 bridgehead atoms. The molecular weight excluding hydrogens is 471 g/mol. The van der Waals surface area contributed by atoms with Crippen molar-refractivity contribution in [2.24, 2.45) is 0 Å². The summed E-state index contributed by atoms with van der Waals surface area (Å²) >= 11 is 13.6. The first kappa shape index (κ1) is 24.3. The molecule has 0 N–H and O–H groups in total. The van der Waals surface area contributed by atoms with Gasteiger partial charge in [0.2, 0.25) is 0 Å². The summed E-state index contributed by atoms with van der Waals surface area (Å²) in [5.41, 5.74) is 0.607. The molecule has 11 heteroatoms. The number of nitro benzene ring substituents is 1. The minimum atomic E-state index is -0.552. The summed E-state index contributed by atoms with van der Waals surface area (Å²) in [6.07, 6.45) is 0.696. The molecule has 1 heterocycles. The molecule has 0 aliphatic heterocycles. The maximum atomic E-state index is 13.3. The van der Waals surface area contributed by atoms with Gasteiger partial charge in [0.1, 0.15) is 0 Å². The van der Waals surface area contributed by atoms with Gasteiger partial charge in [0.25, 0.3) is 11.6 Å². The van der Waals surface area contributed by atoms with Gasteiger partial charge in [0.15, 0.2) is 5.13 Å². The summed E-state index contributed by atoms with van der Waals surface area (Å²) in [4.78, 5) is 32.0. The quantitative estimate of drug-likeness (QED) is 0.322. The van der Waals surface area contributed by atoms with Gasteiger partial charge < -0.3 is 4.90 Å². The molecule has 30 heavy (non-hydrogen) atoms. The predicted octanol–water partition coefficient (Wildman–Crippen LogP) is 5.53. The standard InChI is InChI=1S/C19H18Cl2N4O3S.ClH/c1-23(2)8-3-9-24(19-22-16-7-4-12(20)10-17(16)29-19)18(26)14-11-13(25(27)28)5-6-15(14)21;/h4-7,10-11H,3,8-9H2,1-2H3;1H. The first-order valence-electron chi connectivity index (χ1n) is 8.73. The Bertz CT molecular complexity index is 1070. The number of nitrogens with zero attached hydrogens (tertiary/aromatic N) is 4. The molecule has 2 aromatic carbocycles. The molecule has 0 atom stereocenters. The molecule has 160 valence electrons. The molecule has 0 spiro atoms. The van der Waals surface area contributed by atoms with E-state index in [-0.39, 0.29) is 28.7 Å². The van der Waals surface area contributed by atoms with Crippen LogP contribution in [0.15, 0.2) is 36.4 Å². The number of halogens is 3. The monoisotopic (exact) mass is 488 g/mol. The van der Waals surface area contributed by atoms with Gasteiger partial charge in [-0.2, -0.15) is 0 Å². The molecule has 7 nitrogen and oxygen atoms in total. The fraction of sp³-hybridized carbons (Fsp3) is 0.263. The van der Waals surface area contributed by atoms with Gasteiger partial charge in [-0.05, 0) is 51.3 Å². The third-order valence-corrected chi connectivity index (χ3v) is 5.80. The van der Waals surface area contributed by atoms with Crippen LogP contribution in [0.25, 0.3) is 10.2 Å². The zero-order valence-electron chi connectivity index (χ0n) is 16.2. The fourth-order valence-electron chi connectivity index (χ4n) is 2.77. The number of carbonyl (C=O) groups excluding carboxylic acids is 1. The topological polar surface area (TPSA) is 79.6 Å². The van der Waals surface area contributed by atoms with Crippen LogP contribution in [0.3, 0.4) is 0 Å². The van der Waals surface area contributed by atoms with E-state index in [1.54, 1.807) is 18.2 Å². The van der Waals surface area contributed by atoms with Gasteiger partial charge in [0, 0.05) is 23.7 Å². The number of rotatable bonds is 7. The molecule has 0 fully saturated rings. The molecule has 0 radical (unpaired) electrons. The highest BCUT2D eigenvalue weighted by Gasteiger charge is 2.25. The van der Waals surface area contributed by atoms with Crippen LogP contribution in [0.1, 0.15) is 16.8 Å². The lowest BCUT2D eigenvalue weighted by molar-refractivity contribution is -0.384. The molecule has 0 saturated carbocycles. The van der Waals surface area contributed by atoms with E-state index in [1.807, 2.05) is 19.0 Å². The maximum absolute atomic E-state index is 13.3. The van der Waals surface area contributed by atoms with E-state index in [4.69, 9.17) is 23.2 Å². The number of hydrogen-bond donors (Lipinski definition) is 0. The molecule has 1 aromatic heterocycles. The maximum Gasteiger partial charge on any atom is 0.270 e. The first-order chi connectivity index (χ1) is 13.8. The second-order valence-corrected chi connectivity index (χ2v) is 8.50. The second-order valence-electron chi connectivity index (χ2n) is 6.64. The number of nitro groups is 1. The average molecular weight is 490 g/mol. The fourth-order valence-corrected chi connectivity index (χ4v) is 4.23. The number of fused-ring (bicyclic) bond motifs is 1. The van der Waals surface area contributed by atoms with Crippen LogP contribution in [0, 0.1) is 10.1 Å².